The van der Waals surface area contributed by atoms with Crippen LogP contribution in [0, 0.1) is 6.92 Å². The number of nitrogens with one attached hydrogen (secondary N) is 2. The molecule has 3 aromatic rings. The zero-order chi connectivity index (χ0) is 24.3. The highest BCUT2D eigenvalue weighted by atomic mass is 79.9. The van der Waals surface area contributed by atoms with Crippen molar-refractivity contribution in [3.8, 4) is 17.2 Å². The van der Waals surface area contributed by atoms with Crippen LogP contribution in [-0.4, -0.2) is 38.4 Å². The van der Waals surface area contributed by atoms with Gasteiger partial charge in [-0.3, -0.25) is 9.59 Å². The van der Waals surface area contributed by atoms with E-state index in [-0.39, 0.29) is 19.1 Å². The zero-order valence-corrected chi connectivity index (χ0v) is 20.3. The van der Waals surface area contributed by atoms with Crippen molar-refractivity contribution in [2.45, 2.75) is 6.92 Å². The standard InChI is InChI=1S/C25H24BrN3O5/c1-17-6-3-4-9-21(17)28-24(30)15-34-22-11-10-18(12-23(22)32-2)14-27-29-25(31)16-33-20-8-5-7-19(26)13-20/h3-14H,15-16H2,1-2H3,(H,28,30)(H,29,31)/b27-14+. The number of hydrogen-bond donors (Lipinski definition) is 2. The molecule has 2 amide bonds. The van der Waals surface area contributed by atoms with Crippen molar-refractivity contribution >= 4 is 39.6 Å². The molecule has 0 radical (unpaired) electrons. The molecule has 0 aliphatic heterocycles. The Morgan fingerprint density at radius 3 is 2.50 bits per heavy atom. The first-order chi connectivity index (χ1) is 16.4. The number of rotatable bonds is 10. The molecule has 0 aromatic heterocycles. The summed E-state index contributed by atoms with van der Waals surface area (Å²) in [5, 5.41) is 6.74. The first-order valence-corrected chi connectivity index (χ1v) is 11.1. The minimum absolute atomic E-state index is 0.172. The fourth-order valence-corrected chi connectivity index (χ4v) is 3.22. The lowest BCUT2D eigenvalue weighted by Gasteiger charge is -2.12. The molecule has 0 heterocycles. The number of halogens is 1. The fourth-order valence-electron chi connectivity index (χ4n) is 2.84. The molecular weight excluding hydrogens is 502 g/mol. The second kappa shape index (κ2) is 12.4. The maximum Gasteiger partial charge on any atom is 0.277 e. The summed E-state index contributed by atoms with van der Waals surface area (Å²) in [6, 6.07) is 19.8. The summed E-state index contributed by atoms with van der Waals surface area (Å²) in [6.07, 6.45) is 1.47. The molecule has 0 atom stereocenters. The minimum Gasteiger partial charge on any atom is -0.493 e. The average molecular weight is 526 g/mol. The third kappa shape index (κ3) is 7.63. The number of methoxy groups -OCH3 is 1. The molecule has 3 rings (SSSR count). The number of carbonyl (C=O) groups is 2. The third-order valence-electron chi connectivity index (χ3n) is 4.53. The van der Waals surface area contributed by atoms with Gasteiger partial charge < -0.3 is 19.5 Å². The highest BCUT2D eigenvalue weighted by molar-refractivity contribution is 9.10. The van der Waals surface area contributed by atoms with Gasteiger partial charge in [0.15, 0.2) is 24.7 Å². The Morgan fingerprint density at radius 2 is 1.74 bits per heavy atom. The number of anilines is 1. The second-order valence-electron chi connectivity index (χ2n) is 7.10. The largest absolute Gasteiger partial charge is 0.493 e. The van der Waals surface area contributed by atoms with E-state index >= 15 is 0 Å². The van der Waals surface area contributed by atoms with Crippen LogP contribution in [0.15, 0.2) is 76.3 Å². The zero-order valence-electron chi connectivity index (χ0n) is 18.7. The number of hydrogen-bond acceptors (Lipinski definition) is 6. The van der Waals surface area contributed by atoms with E-state index in [1.807, 2.05) is 43.3 Å². The summed E-state index contributed by atoms with van der Waals surface area (Å²) in [6.45, 7) is 1.57. The van der Waals surface area contributed by atoms with Crippen molar-refractivity contribution < 1.29 is 23.8 Å². The summed E-state index contributed by atoms with van der Waals surface area (Å²) in [5.41, 5.74) is 4.77. The summed E-state index contributed by atoms with van der Waals surface area (Å²) >= 11 is 3.34. The Hall–Kier alpha value is -3.85. The molecular formula is C25H24BrN3O5. The molecule has 3 aromatic carbocycles. The Balaban J connectivity index is 1.49. The third-order valence-corrected chi connectivity index (χ3v) is 5.03. The van der Waals surface area contributed by atoms with Crippen LogP contribution in [0.1, 0.15) is 11.1 Å². The van der Waals surface area contributed by atoms with E-state index in [4.69, 9.17) is 14.2 Å². The average Bonchev–Trinajstić information content (AvgIpc) is 2.83. The normalized spacial score (nSPS) is 10.6. The molecule has 0 saturated carbocycles. The molecule has 8 nitrogen and oxygen atoms in total. The number of aryl methyl sites for hydroxylation is 1. The first kappa shape index (κ1) is 24.8. The van der Waals surface area contributed by atoms with Gasteiger partial charge >= 0.3 is 0 Å². The molecule has 0 spiro atoms. The number of nitrogens with zero attached hydrogens (tertiary/aromatic N) is 1. The van der Waals surface area contributed by atoms with Crippen LogP contribution in [0.2, 0.25) is 0 Å². The van der Waals surface area contributed by atoms with E-state index in [0.29, 0.717) is 22.8 Å². The molecule has 34 heavy (non-hydrogen) atoms. The van der Waals surface area contributed by atoms with Crippen molar-refractivity contribution in [1.82, 2.24) is 5.43 Å². The van der Waals surface area contributed by atoms with Crippen molar-refractivity contribution in [3.63, 3.8) is 0 Å². The monoisotopic (exact) mass is 525 g/mol. The van der Waals surface area contributed by atoms with Crippen LogP contribution < -0.4 is 25.0 Å². The van der Waals surface area contributed by atoms with E-state index in [1.54, 1.807) is 30.3 Å². The van der Waals surface area contributed by atoms with Gasteiger partial charge in [0.05, 0.1) is 13.3 Å². The lowest BCUT2D eigenvalue weighted by molar-refractivity contribution is -0.123. The van der Waals surface area contributed by atoms with Gasteiger partial charge in [-0.05, 0) is 60.5 Å². The van der Waals surface area contributed by atoms with Crippen molar-refractivity contribution in [1.29, 1.82) is 0 Å². The first-order valence-electron chi connectivity index (χ1n) is 10.3. The number of carbonyl (C=O) groups excluding carboxylic acids is 2. The van der Waals surface area contributed by atoms with E-state index in [2.05, 4.69) is 31.8 Å². The van der Waals surface area contributed by atoms with Crippen LogP contribution in [0.5, 0.6) is 17.2 Å². The van der Waals surface area contributed by atoms with Crippen molar-refractivity contribution in [2.24, 2.45) is 5.10 Å². The summed E-state index contributed by atoms with van der Waals surface area (Å²) in [4.78, 5) is 24.1. The number of benzene rings is 3. The van der Waals surface area contributed by atoms with Gasteiger partial charge in [0, 0.05) is 10.2 Å². The van der Waals surface area contributed by atoms with Gasteiger partial charge in [-0.15, -0.1) is 0 Å². The Bertz CT molecular complexity index is 1180. The summed E-state index contributed by atoms with van der Waals surface area (Å²) in [5.74, 6) is 0.724. The van der Waals surface area contributed by atoms with Crippen LogP contribution in [-0.2, 0) is 9.59 Å². The molecule has 0 fully saturated rings. The number of ether oxygens (including phenoxy) is 3. The van der Waals surface area contributed by atoms with E-state index in [0.717, 1.165) is 15.7 Å². The van der Waals surface area contributed by atoms with Gasteiger partial charge in [-0.1, -0.05) is 40.2 Å². The Labute approximate surface area is 206 Å². The second-order valence-corrected chi connectivity index (χ2v) is 8.02. The summed E-state index contributed by atoms with van der Waals surface area (Å²) in [7, 11) is 1.50. The predicted molar refractivity (Wildman–Crippen MR) is 134 cm³/mol. The van der Waals surface area contributed by atoms with E-state index < -0.39 is 5.91 Å². The van der Waals surface area contributed by atoms with Crippen LogP contribution in [0.3, 0.4) is 0 Å². The van der Waals surface area contributed by atoms with Gasteiger partial charge in [0.2, 0.25) is 0 Å². The van der Waals surface area contributed by atoms with Crippen molar-refractivity contribution in [3.05, 3.63) is 82.3 Å². The quantitative estimate of drug-likeness (QED) is 0.303. The molecule has 0 aliphatic rings. The molecule has 2 N–H and O–H groups in total. The lowest BCUT2D eigenvalue weighted by atomic mass is 10.2. The number of hydrazone groups is 1. The van der Waals surface area contributed by atoms with Gasteiger partial charge in [0.1, 0.15) is 5.75 Å². The van der Waals surface area contributed by atoms with E-state index in [1.165, 1.54) is 13.3 Å². The highest BCUT2D eigenvalue weighted by Crippen LogP contribution is 2.27. The van der Waals surface area contributed by atoms with Crippen LogP contribution in [0.4, 0.5) is 5.69 Å². The maximum absolute atomic E-state index is 12.2. The molecule has 0 aliphatic carbocycles. The van der Waals surface area contributed by atoms with Gasteiger partial charge in [0.25, 0.3) is 11.8 Å². The number of amides is 2. The van der Waals surface area contributed by atoms with E-state index in [9.17, 15) is 9.59 Å². The van der Waals surface area contributed by atoms with Crippen molar-refractivity contribution in [2.75, 3.05) is 25.6 Å². The Morgan fingerprint density at radius 1 is 0.941 bits per heavy atom. The fraction of sp³-hybridized carbons (Fsp3) is 0.160. The summed E-state index contributed by atoms with van der Waals surface area (Å²) < 4.78 is 17.2. The Kier molecular flexibility index (Phi) is 9.04. The molecule has 0 saturated heterocycles. The van der Waals surface area contributed by atoms with Gasteiger partial charge in [-0.25, -0.2) is 5.43 Å². The van der Waals surface area contributed by atoms with Crippen LogP contribution >= 0.6 is 15.9 Å². The topological polar surface area (TPSA) is 98.2 Å². The molecule has 0 unspecified atom stereocenters. The lowest BCUT2D eigenvalue weighted by Crippen LogP contribution is -2.24. The highest BCUT2D eigenvalue weighted by Gasteiger charge is 2.10. The molecule has 9 heteroatoms. The minimum atomic E-state index is -0.400. The molecule has 0 bridgehead atoms. The number of para-hydroxylation sites is 1. The predicted octanol–water partition coefficient (Wildman–Crippen LogP) is 4.31. The van der Waals surface area contributed by atoms with Gasteiger partial charge in [-0.2, -0.15) is 5.10 Å². The van der Waals surface area contributed by atoms with Crippen LogP contribution in [0.25, 0.3) is 0 Å². The smallest absolute Gasteiger partial charge is 0.277 e. The SMILES string of the molecule is COc1cc(/C=N/NC(=O)COc2cccc(Br)c2)ccc1OCC(=O)Nc1ccccc1C. The maximum atomic E-state index is 12.2. The molecule has 176 valence electrons.